The van der Waals surface area contributed by atoms with E-state index in [-0.39, 0.29) is 16.7 Å². The summed E-state index contributed by atoms with van der Waals surface area (Å²) in [6.07, 6.45) is 0.196. The van der Waals surface area contributed by atoms with Crippen LogP contribution in [-0.4, -0.2) is 27.0 Å². The highest BCUT2D eigenvalue weighted by atomic mass is 32.2. The van der Waals surface area contributed by atoms with Crippen molar-refractivity contribution in [2.24, 2.45) is 5.92 Å². The summed E-state index contributed by atoms with van der Waals surface area (Å²) in [5, 5.41) is 2.71. The largest absolute Gasteiger partial charge is 0.402 e. The molecule has 0 aromatic heterocycles. The maximum atomic E-state index is 12.1. The lowest BCUT2D eigenvalue weighted by Crippen LogP contribution is -2.33. The van der Waals surface area contributed by atoms with Crippen molar-refractivity contribution in [2.45, 2.75) is 43.2 Å². The Morgan fingerprint density at radius 2 is 1.67 bits per heavy atom. The van der Waals surface area contributed by atoms with Crippen LogP contribution in [0.2, 0.25) is 0 Å². The number of amides is 1. The minimum absolute atomic E-state index is 0.0457. The van der Waals surface area contributed by atoms with Gasteiger partial charge in [-0.25, -0.2) is 13.1 Å². The van der Waals surface area contributed by atoms with Gasteiger partial charge in [-0.1, -0.05) is 19.3 Å². The Balaban J connectivity index is 1.98. The summed E-state index contributed by atoms with van der Waals surface area (Å²) in [6.45, 7) is -1.63. The molecule has 24 heavy (non-hydrogen) atoms. The van der Waals surface area contributed by atoms with E-state index >= 15 is 0 Å². The number of hydrogen-bond donors (Lipinski definition) is 2. The molecule has 0 unspecified atom stereocenters. The second-order valence-electron chi connectivity index (χ2n) is 5.79. The second-order valence-corrected chi connectivity index (χ2v) is 7.56. The number of sulfonamides is 1. The Hall–Kier alpha value is -1.61. The summed E-state index contributed by atoms with van der Waals surface area (Å²) >= 11 is 0. The molecule has 1 aromatic rings. The summed E-state index contributed by atoms with van der Waals surface area (Å²) in [4.78, 5) is 11.8. The molecule has 1 fully saturated rings. The zero-order valence-electron chi connectivity index (χ0n) is 12.9. The van der Waals surface area contributed by atoms with E-state index in [1.54, 1.807) is 0 Å². The minimum atomic E-state index is -4.62. The highest BCUT2D eigenvalue weighted by Gasteiger charge is 2.30. The van der Waals surface area contributed by atoms with Crippen molar-refractivity contribution in [1.82, 2.24) is 4.72 Å². The maximum Gasteiger partial charge on any atom is 0.402 e. The molecule has 0 spiro atoms. The zero-order chi connectivity index (χ0) is 17.8. The third-order valence-electron chi connectivity index (χ3n) is 3.87. The summed E-state index contributed by atoms with van der Waals surface area (Å²) in [7, 11) is -4.24. The van der Waals surface area contributed by atoms with Crippen molar-refractivity contribution in [2.75, 3.05) is 11.9 Å². The van der Waals surface area contributed by atoms with E-state index in [1.807, 2.05) is 0 Å². The van der Waals surface area contributed by atoms with Gasteiger partial charge in [0.15, 0.2) is 0 Å². The number of hydrogen-bond acceptors (Lipinski definition) is 3. The van der Waals surface area contributed by atoms with E-state index in [2.05, 4.69) is 5.32 Å². The Kier molecular flexibility index (Phi) is 5.87. The van der Waals surface area contributed by atoms with Gasteiger partial charge in [0.05, 0.1) is 4.90 Å². The normalized spacial score (nSPS) is 16.8. The van der Waals surface area contributed by atoms with Gasteiger partial charge in [0, 0.05) is 11.6 Å². The molecule has 0 aliphatic heterocycles. The smallest absolute Gasteiger partial charge is 0.326 e. The van der Waals surface area contributed by atoms with Crippen molar-refractivity contribution in [3.05, 3.63) is 24.3 Å². The van der Waals surface area contributed by atoms with Crippen molar-refractivity contribution in [3.63, 3.8) is 0 Å². The zero-order valence-corrected chi connectivity index (χ0v) is 13.7. The van der Waals surface area contributed by atoms with Crippen molar-refractivity contribution in [3.8, 4) is 0 Å². The first-order valence-corrected chi connectivity index (χ1v) is 9.13. The monoisotopic (exact) mass is 364 g/mol. The Morgan fingerprint density at radius 3 is 2.21 bits per heavy atom. The first-order chi connectivity index (χ1) is 11.2. The third kappa shape index (κ3) is 5.48. The molecule has 1 aliphatic rings. The van der Waals surface area contributed by atoms with E-state index in [0.717, 1.165) is 44.2 Å². The topological polar surface area (TPSA) is 75.3 Å². The molecule has 134 valence electrons. The SMILES string of the molecule is O=C(Nc1ccc(S(=O)(=O)NCC(F)(F)F)cc1)C1CCCCC1. The van der Waals surface area contributed by atoms with Gasteiger partial charge in [-0.05, 0) is 37.1 Å². The lowest BCUT2D eigenvalue weighted by molar-refractivity contribution is -0.121. The number of benzene rings is 1. The van der Waals surface area contributed by atoms with Crippen molar-refractivity contribution < 1.29 is 26.4 Å². The number of halogens is 3. The summed E-state index contributed by atoms with van der Waals surface area (Å²) in [6, 6.07) is 5.05. The molecule has 2 rings (SSSR count). The molecular formula is C15H19F3N2O3S. The molecule has 1 amide bonds. The lowest BCUT2D eigenvalue weighted by atomic mass is 9.88. The van der Waals surface area contributed by atoms with Gasteiger partial charge >= 0.3 is 6.18 Å². The average molecular weight is 364 g/mol. The van der Waals surface area contributed by atoms with Crippen LogP contribution in [0.1, 0.15) is 32.1 Å². The molecule has 0 atom stereocenters. The molecule has 1 saturated carbocycles. The van der Waals surface area contributed by atoms with Gasteiger partial charge in [0.25, 0.3) is 0 Å². The van der Waals surface area contributed by atoms with Gasteiger partial charge < -0.3 is 5.32 Å². The highest BCUT2D eigenvalue weighted by molar-refractivity contribution is 7.89. The maximum absolute atomic E-state index is 12.1. The molecule has 9 heteroatoms. The molecule has 5 nitrogen and oxygen atoms in total. The first-order valence-electron chi connectivity index (χ1n) is 7.65. The Labute approximate surface area is 138 Å². The van der Waals surface area contributed by atoms with Gasteiger partial charge in [0.1, 0.15) is 6.54 Å². The van der Waals surface area contributed by atoms with Crippen LogP contribution >= 0.6 is 0 Å². The van der Waals surface area contributed by atoms with Crippen LogP contribution in [0.3, 0.4) is 0 Å². The van der Waals surface area contributed by atoms with Crippen molar-refractivity contribution >= 4 is 21.6 Å². The van der Waals surface area contributed by atoms with E-state index < -0.39 is 22.7 Å². The molecule has 0 bridgehead atoms. The molecular weight excluding hydrogens is 345 g/mol. The summed E-state index contributed by atoms with van der Waals surface area (Å²) < 4.78 is 61.3. The van der Waals surface area contributed by atoms with Crippen LogP contribution in [0.5, 0.6) is 0 Å². The van der Waals surface area contributed by atoms with Crippen LogP contribution in [0.4, 0.5) is 18.9 Å². The fourth-order valence-electron chi connectivity index (χ4n) is 2.59. The van der Waals surface area contributed by atoms with Crippen LogP contribution in [0.15, 0.2) is 29.2 Å². The number of carbonyl (C=O) groups excluding carboxylic acids is 1. The second kappa shape index (κ2) is 7.52. The fourth-order valence-corrected chi connectivity index (χ4v) is 3.60. The lowest BCUT2D eigenvalue weighted by Gasteiger charge is -2.20. The van der Waals surface area contributed by atoms with Crippen LogP contribution in [-0.2, 0) is 14.8 Å². The van der Waals surface area contributed by atoms with E-state index in [4.69, 9.17) is 0 Å². The van der Waals surface area contributed by atoms with Crippen molar-refractivity contribution in [1.29, 1.82) is 0 Å². The van der Waals surface area contributed by atoms with E-state index in [0.29, 0.717) is 5.69 Å². The molecule has 0 heterocycles. The minimum Gasteiger partial charge on any atom is -0.326 e. The fraction of sp³-hybridized carbons (Fsp3) is 0.533. The third-order valence-corrected chi connectivity index (χ3v) is 5.29. The molecule has 2 N–H and O–H groups in total. The Bertz CT molecular complexity index is 666. The van der Waals surface area contributed by atoms with E-state index in [9.17, 15) is 26.4 Å². The standard InChI is InChI=1S/C15H19F3N2O3S/c16-15(17,18)10-19-24(22,23)13-8-6-12(7-9-13)20-14(21)11-4-2-1-3-5-11/h6-9,11,19H,1-5,10H2,(H,20,21). The van der Waals surface area contributed by atoms with Crippen LogP contribution in [0.25, 0.3) is 0 Å². The molecule has 0 saturated heterocycles. The number of rotatable bonds is 5. The van der Waals surface area contributed by atoms with E-state index in [1.165, 1.54) is 16.9 Å². The van der Waals surface area contributed by atoms with Gasteiger partial charge in [-0.2, -0.15) is 13.2 Å². The number of alkyl halides is 3. The first kappa shape index (κ1) is 18.7. The number of anilines is 1. The molecule has 0 radical (unpaired) electrons. The van der Waals surface area contributed by atoms with Crippen LogP contribution in [0, 0.1) is 5.92 Å². The predicted octanol–water partition coefficient (Wildman–Crippen LogP) is 3.05. The van der Waals surface area contributed by atoms with Gasteiger partial charge in [0.2, 0.25) is 15.9 Å². The molecule has 1 aromatic carbocycles. The summed E-state index contributed by atoms with van der Waals surface area (Å²) in [5.74, 6) is -0.156. The van der Waals surface area contributed by atoms with Gasteiger partial charge in [-0.15, -0.1) is 0 Å². The number of carbonyl (C=O) groups is 1. The summed E-state index contributed by atoms with van der Waals surface area (Å²) in [5.41, 5.74) is 0.417. The number of nitrogens with one attached hydrogen (secondary N) is 2. The van der Waals surface area contributed by atoms with Gasteiger partial charge in [-0.3, -0.25) is 4.79 Å². The highest BCUT2D eigenvalue weighted by Crippen LogP contribution is 2.25. The quantitative estimate of drug-likeness (QED) is 0.843. The molecule has 1 aliphatic carbocycles. The van der Waals surface area contributed by atoms with Crippen LogP contribution < -0.4 is 10.0 Å². The predicted molar refractivity (Wildman–Crippen MR) is 82.9 cm³/mol. The average Bonchev–Trinajstić information content (AvgIpc) is 2.54. The Morgan fingerprint density at radius 1 is 1.08 bits per heavy atom.